The van der Waals surface area contributed by atoms with Gasteiger partial charge in [0.25, 0.3) is 0 Å². The molecule has 0 bridgehead atoms. The fourth-order valence-corrected chi connectivity index (χ4v) is 2.90. The van der Waals surface area contributed by atoms with Gasteiger partial charge in [-0.2, -0.15) is 0 Å². The van der Waals surface area contributed by atoms with Crippen LogP contribution in [0.2, 0.25) is 0 Å². The molecule has 3 rings (SSSR count). The lowest BCUT2D eigenvalue weighted by Gasteiger charge is -2.15. The first-order chi connectivity index (χ1) is 11.0. The number of amides is 2. The van der Waals surface area contributed by atoms with Crippen LogP contribution >= 0.6 is 0 Å². The number of hydrogen-bond donors (Lipinski definition) is 1. The minimum Gasteiger partial charge on any atom is -0.369 e. The molecular weight excluding hydrogens is 294 g/mol. The molecular formula is C16H19N5O2. The van der Waals surface area contributed by atoms with Gasteiger partial charge in [0.05, 0.1) is 12.1 Å². The van der Waals surface area contributed by atoms with Crippen LogP contribution in [0.1, 0.15) is 6.92 Å². The highest BCUT2D eigenvalue weighted by atomic mass is 16.2. The van der Waals surface area contributed by atoms with Crippen molar-refractivity contribution in [3.05, 3.63) is 36.5 Å². The van der Waals surface area contributed by atoms with E-state index in [1.165, 1.54) is 4.68 Å². The highest BCUT2D eigenvalue weighted by Crippen LogP contribution is 2.23. The molecule has 2 N–H and O–H groups in total. The van der Waals surface area contributed by atoms with Gasteiger partial charge in [-0.25, -0.2) is 4.68 Å². The number of hydrogen-bond acceptors (Lipinski definition) is 4. The van der Waals surface area contributed by atoms with Crippen molar-refractivity contribution in [1.29, 1.82) is 0 Å². The van der Waals surface area contributed by atoms with Crippen LogP contribution in [0.3, 0.4) is 0 Å². The number of carbonyl (C=O) groups excluding carboxylic acids is 2. The first-order valence-corrected chi connectivity index (χ1v) is 7.57. The lowest BCUT2D eigenvalue weighted by molar-refractivity contribution is -0.131. The van der Waals surface area contributed by atoms with Crippen LogP contribution in [0, 0.1) is 11.8 Å². The average molecular weight is 313 g/mol. The molecule has 1 saturated heterocycles. The Labute approximate surface area is 134 Å². The maximum atomic E-state index is 12.4. The molecule has 7 heteroatoms. The smallest absolute Gasteiger partial charge is 0.244 e. The maximum absolute atomic E-state index is 12.4. The van der Waals surface area contributed by atoms with Crippen molar-refractivity contribution in [3.8, 4) is 11.3 Å². The van der Waals surface area contributed by atoms with Crippen molar-refractivity contribution in [2.75, 3.05) is 13.1 Å². The number of aromatic nitrogens is 3. The summed E-state index contributed by atoms with van der Waals surface area (Å²) in [5.41, 5.74) is 7.05. The molecule has 1 fully saturated rings. The third-order valence-corrected chi connectivity index (χ3v) is 4.24. The van der Waals surface area contributed by atoms with E-state index in [4.69, 9.17) is 5.73 Å². The Morgan fingerprint density at radius 3 is 2.65 bits per heavy atom. The van der Waals surface area contributed by atoms with Crippen molar-refractivity contribution in [2.24, 2.45) is 17.6 Å². The summed E-state index contributed by atoms with van der Waals surface area (Å²) in [5, 5.41) is 8.10. The number of benzene rings is 1. The minimum atomic E-state index is -0.347. The predicted molar refractivity (Wildman–Crippen MR) is 83.9 cm³/mol. The molecule has 120 valence electrons. The van der Waals surface area contributed by atoms with E-state index < -0.39 is 0 Å². The number of primary amides is 1. The Morgan fingerprint density at radius 2 is 2.00 bits per heavy atom. The van der Waals surface area contributed by atoms with Crippen LogP contribution in [0.25, 0.3) is 11.3 Å². The predicted octanol–water partition coefficient (Wildman–Crippen LogP) is 0.525. The molecule has 7 nitrogen and oxygen atoms in total. The quantitative estimate of drug-likeness (QED) is 0.890. The van der Waals surface area contributed by atoms with Crippen LogP contribution in [-0.4, -0.2) is 44.8 Å². The van der Waals surface area contributed by atoms with E-state index in [-0.39, 0.29) is 30.2 Å². The molecule has 0 spiro atoms. The van der Waals surface area contributed by atoms with E-state index in [1.54, 1.807) is 11.1 Å². The van der Waals surface area contributed by atoms with Gasteiger partial charge in [-0.3, -0.25) is 9.59 Å². The van der Waals surface area contributed by atoms with Crippen LogP contribution in [0.15, 0.2) is 36.5 Å². The number of nitrogens with zero attached hydrogens (tertiary/aromatic N) is 4. The fourth-order valence-electron chi connectivity index (χ4n) is 2.90. The van der Waals surface area contributed by atoms with E-state index in [2.05, 4.69) is 10.3 Å². The molecule has 0 unspecified atom stereocenters. The third-order valence-electron chi connectivity index (χ3n) is 4.24. The molecule has 1 aliphatic heterocycles. The van der Waals surface area contributed by atoms with Crippen molar-refractivity contribution in [3.63, 3.8) is 0 Å². The van der Waals surface area contributed by atoms with Gasteiger partial charge in [0.1, 0.15) is 12.2 Å². The second-order valence-corrected chi connectivity index (χ2v) is 5.95. The molecule has 1 aromatic carbocycles. The average Bonchev–Trinajstić information content (AvgIpc) is 3.15. The lowest BCUT2D eigenvalue weighted by atomic mass is 9.98. The first kappa shape index (κ1) is 15.2. The molecule has 0 radical (unpaired) electrons. The summed E-state index contributed by atoms with van der Waals surface area (Å²) in [6, 6.07) is 9.66. The molecule has 2 heterocycles. The SMILES string of the molecule is C[C@@H]1CN(C(=O)Cn2cc(-c3ccccc3)nn2)C[C@H]1C(N)=O. The number of likely N-dealkylation sites (tertiary alicyclic amines) is 1. The molecule has 2 aromatic rings. The molecule has 0 aliphatic carbocycles. The van der Waals surface area contributed by atoms with Crippen LogP contribution in [0.4, 0.5) is 0 Å². The second-order valence-electron chi connectivity index (χ2n) is 5.95. The third kappa shape index (κ3) is 3.23. The molecule has 2 atom stereocenters. The number of rotatable bonds is 4. The summed E-state index contributed by atoms with van der Waals surface area (Å²) in [7, 11) is 0. The summed E-state index contributed by atoms with van der Waals surface area (Å²) in [5.74, 6) is -0.605. The van der Waals surface area contributed by atoms with Gasteiger partial charge in [0.2, 0.25) is 11.8 Å². The summed E-state index contributed by atoms with van der Waals surface area (Å²) in [4.78, 5) is 25.4. The summed E-state index contributed by atoms with van der Waals surface area (Å²) < 4.78 is 1.52. The summed E-state index contributed by atoms with van der Waals surface area (Å²) >= 11 is 0. The first-order valence-electron chi connectivity index (χ1n) is 7.57. The molecule has 2 amide bonds. The van der Waals surface area contributed by atoms with Crippen molar-refractivity contribution in [1.82, 2.24) is 19.9 Å². The lowest BCUT2D eigenvalue weighted by Crippen LogP contribution is -2.34. The van der Waals surface area contributed by atoms with Gasteiger partial charge in [-0.05, 0) is 5.92 Å². The Hall–Kier alpha value is -2.70. The number of nitrogens with two attached hydrogens (primary N) is 1. The standard InChI is InChI=1S/C16H19N5O2/c1-11-7-20(8-13(11)16(17)23)15(22)10-21-9-14(18-19-21)12-5-3-2-4-6-12/h2-6,9,11,13H,7-8,10H2,1H3,(H2,17,23)/t11-,13-/m1/s1. The van der Waals surface area contributed by atoms with Gasteiger partial charge in [-0.1, -0.05) is 42.5 Å². The van der Waals surface area contributed by atoms with Crippen molar-refractivity contribution >= 4 is 11.8 Å². The van der Waals surface area contributed by atoms with Gasteiger partial charge in [-0.15, -0.1) is 5.10 Å². The molecule has 23 heavy (non-hydrogen) atoms. The Kier molecular flexibility index (Phi) is 4.10. The minimum absolute atomic E-state index is 0.0786. The molecule has 1 aromatic heterocycles. The monoisotopic (exact) mass is 313 g/mol. The zero-order valence-electron chi connectivity index (χ0n) is 12.9. The fraction of sp³-hybridized carbons (Fsp3) is 0.375. The topological polar surface area (TPSA) is 94.1 Å². The Balaban J connectivity index is 1.65. The molecule has 0 saturated carbocycles. The number of carbonyl (C=O) groups is 2. The Bertz CT molecular complexity index is 712. The van der Waals surface area contributed by atoms with Gasteiger partial charge < -0.3 is 10.6 Å². The normalized spacial score (nSPS) is 20.7. The van der Waals surface area contributed by atoms with E-state index in [9.17, 15) is 9.59 Å². The van der Waals surface area contributed by atoms with Crippen LogP contribution in [0.5, 0.6) is 0 Å². The van der Waals surface area contributed by atoms with Crippen molar-refractivity contribution in [2.45, 2.75) is 13.5 Å². The Morgan fingerprint density at radius 1 is 1.26 bits per heavy atom. The van der Waals surface area contributed by atoms with E-state index >= 15 is 0 Å². The second kappa shape index (κ2) is 6.20. The van der Waals surface area contributed by atoms with Crippen LogP contribution < -0.4 is 5.73 Å². The maximum Gasteiger partial charge on any atom is 0.244 e. The zero-order chi connectivity index (χ0) is 16.4. The van der Waals surface area contributed by atoms with E-state index in [1.807, 2.05) is 37.3 Å². The highest BCUT2D eigenvalue weighted by Gasteiger charge is 2.35. The van der Waals surface area contributed by atoms with E-state index in [0.29, 0.717) is 13.1 Å². The zero-order valence-corrected chi connectivity index (χ0v) is 12.9. The van der Waals surface area contributed by atoms with E-state index in [0.717, 1.165) is 11.3 Å². The van der Waals surface area contributed by atoms with Crippen LogP contribution in [-0.2, 0) is 16.1 Å². The van der Waals surface area contributed by atoms with Gasteiger partial charge in [0.15, 0.2) is 0 Å². The molecule has 1 aliphatic rings. The summed E-state index contributed by atoms with van der Waals surface area (Å²) in [6.45, 7) is 2.98. The van der Waals surface area contributed by atoms with Gasteiger partial charge >= 0.3 is 0 Å². The van der Waals surface area contributed by atoms with Gasteiger partial charge in [0, 0.05) is 18.7 Å². The highest BCUT2D eigenvalue weighted by molar-refractivity contribution is 5.81. The largest absolute Gasteiger partial charge is 0.369 e. The summed E-state index contributed by atoms with van der Waals surface area (Å²) in [6.07, 6.45) is 1.75. The van der Waals surface area contributed by atoms with Crippen molar-refractivity contribution < 1.29 is 9.59 Å².